The van der Waals surface area contributed by atoms with Crippen LogP contribution in [0, 0.1) is 46.7 Å². The van der Waals surface area contributed by atoms with E-state index in [1.807, 2.05) is 138 Å². The van der Waals surface area contributed by atoms with Crippen LogP contribution in [-0.2, 0) is 56.8 Å². The van der Waals surface area contributed by atoms with Gasteiger partial charge in [0.25, 0.3) is 29.5 Å². The SMILES string of the molecule is CC1(C)OB(c2cccc3c2CNC3=O)OC1(C)C.COC(=O)c1cccc(I)c1C.COC(=O)c1cccc(I)c1CBr.O=C(NCc1ccc(F)c(F)c1)c1cccnc1Nc1cccc(-c2cccc3c2CNC3=O)c1.O=C(NCc1ccc(F)c(F)c1)c1cccnc1Nc1cccc(F)c1.O=C1NCc2c(I)cccc21. The molecule has 0 bridgehead atoms. The molecule has 30 heteroatoms. The van der Waals surface area contributed by atoms with Gasteiger partial charge < -0.3 is 56.0 Å². The Hall–Kier alpha value is -10.5. The maximum absolute atomic E-state index is 13.5. The molecule has 2 aromatic heterocycles. The van der Waals surface area contributed by atoms with Crippen LogP contribution in [0.2, 0.25) is 0 Å². The summed E-state index contributed by atoms with van der Waals surface area (Å²) in [5.74, 6) is -5.13. The number of alkyl halides is 1. The second kappa shape index (κ2) is 40.4. The van der Waals surface area contributed by atoms with Crippen LogP contribution in [0.5, 0.6) is 0 Å². The van der Waals surface area contributed by atoms with Gasteiger partial charge in [-0.15, -0.1) is 0 Å². The smallest absolute Gasteiger partial charge is 0.465 e. The number of anilines is 4. The lowest BCUT2D eigenvalue weighted by molar-refractivity contribution is 0.00578. The highest BCUT2D eigenvalue weighted by Crippen LogP contribution is 2.38. The summed E-state index contributed by atoms with van der Waals surface area (Å²) in [5.41, 5.74) is 13.2. The standard InChI is InChI=1S/C27H20F2N4O2.C19H14F3N3O.C14H18BNO3.C9H8BrIO2.C9H9IO2.C8H6INO/c28-23-10-9-16(12-24(23)29)14-31-27(35)21-8-3-11-30-25(21)33-18-5-1-4-17(13-18)19-6-2-7-20-22(19)15-32-26(20)34;20-13-3-1-4-14(10-13)25-18-15(5-2-8-23-18)19(26)24-11-12-6-7-16(21)17(22)9-12;1-13(2)14(3,4)19-15(18-13)11-7-5-6-9-10(11)8-16-12(9)17;1-13-9(12)6-3-2-4-8(11)7(6)5-10;1-6-7(9(11)12-2)4-3-5-8(6)10;9-7-3-1-2-5-6(7)4-10-8(5)11/h1-13H,14-15H2,(H,30,33)(H,31,35)(H,32,34);1-10H,11H2,(H,23,25)(H,24,26);5-7H,8H2,1-4H3,(H,16,17);2-4H,5H2,1H3;3-5H,1-2H3;1-3H,4H2,(H,10,11). The minimum atomic E-state index is -0.980. The number of amides is 5. The van der Waals surface area contributed by atoms with Crippen molar-refractivity contribution in [1.82, 2.24) is 36.6 Å². The molecule has 4 aliphatic rings. The van der Waals surface area contributed by atoms with E-state index >= 15 is 0 Å². The third-order valence-electron chi connectivity index (χ3n) is 18.9. The summed E-state index contributed by atoms with van der Waals surface area (Å²) in [7, 11) is 2.37. The second-order valence-electron chi connectivity index (χ2n) is 26.9. The van der Waals surface area contributed by atoms with Crippen molar-refractivity contribution < 1.29 is 74.3 Å². The molecule has 6 heterocycles. The molecule has 15 rings (SSSR count). The summed E-state index contributed by atoms with van der Waals surface area (Å²) in [6.07, 6.45) is 3.06. The molecule has 0 spiro atoms. The largest absolute Gasteiger partial charge is 0.495 e. The fraction of sp³-hybridized carbons (Fsp3) is 0.174. The van der Waals surface area contributed by atoms with E-state index in [1.165, 1.54) is 54.3 Å². The van der Waals surface area contributed by atoms with Gasteiger partial charge in [0, 0.05) is 89.2 Å². The monoisotopic (exact) mass is 1980 g/mol. The lowest BCUT2D eigenvalue weighted by Gasteiger charge is -2.32. The minimum absolute atomic E-state index is 0.0182. The number of benzene rings is 9. The van der Waals surface area contributed by atoms with Gasteiger partial charge in [-0.1, -0.05) is 88.7 Å². The molecule has 0 aliphatic carbocycles. The molecule has 20 nitrogen and oxygen atoms in total. The lowest BCUT2D eigenvalue weighted by Crippen LogP contribution is -2.41. The Balaban J connectivity index is 0.000000155. The molecule has 1 fully saturated rings. The highest BCUT2D eigenvalue weighted by atomic mass is 127. The Morgan fingerprint density at radius 2 is 0.914 bits per heavy atom. The van der Waals surface area contributed by atoms with Crippen molar-refractivity contribution in [2.75, 3.05) is 24.9 Å². The van der Waals surface area contributed by atoms with Crippen molar-refractivity contribution in [2.45, 2.75) is 83.9 Å². The molecule has 116 heavy (non-hydrogen) atoms. The van der Waals surface area contributed by atoms with E-state index in [9.17, 15) is 55.5 Å². The van der Waals surface area contributed by atoms with Gasteiger partial charge in [-0.3, -0.25) is 24.0 Å². The van der Waals surface area contributed by atoms with E-state index in [0.29, 0.717) is 75.5 Å². The molecular formula is C86H75BBrF5I3N9O11. The van der Waals surface area contributed by atoms with Crippen LogP contribution in [0.1, 0.15) is 139 Å². The highest BCUT2D eigenvalue weighted by Gasteiger charge is 2.52. The van der Waals surface area contributed by atoms with Crippen molar-refractivity contribution in [2.24, 2.45) is 0 Å². The van der Waals surface area contributed by atoms with Gasteiger partial charge in [-0.05, 0) is 285 Å². The lowest BCUT2D eigenvalue weighted by atomic mass is 9.75. The van der Waals surface area contributed by atoms with Gasteiger partial charge in [-0.2, -0.15) is 0 Å². The second-order valence-corrected chi connectivity index (χ2v) is 31.0. The number of hydrogen-bond donors (Lipinski definition) is 7. The van der Waals surface area contributed by atoms with Crippen LogP contribution in [0.15, 0.2) is 213 Å². The molecule has 0 unspecified atom stereocenters. The number of halogens is 9. The molecule has 0 radical (unpaired) electrons. The summed E-state index contributed by atoms with van der Waals surface area (Å²) < 4.78 is 90.8. The Bertz CT molecular complexity index is 5520. The maximum atomic E-state index is 13.5. The van der Waals surface area contributed by atoms with Crippen molar-refractivity contribution in [3.8, 4) is 11.1 Å². The molecule has 1 saturated heterocycles. The number of rotatable bonds is 15. The Morgan fingerprint density at radius 1 is 0.483 bits per heavy atom. The van der Waals surface area contributed by atoms with Gasteiger partial charge in [0.15, 0.2) is 23.3 Å². The normalized spacial score (nSPS) is 13.3. The number of ether oxygens (including phenoxy) is 2. The van der Waals surface area contributed by atoms with Crippen molar-refractivity contribution >= 4 is 161 Å². The summed E-state index contributed by atoms with van der Waals surface area (Å²) in [6.45, 7) is 11.8. The van der Waals surface area contributed by atoms with Crippen LogP contribution in [0.25, 0.3) is 11.1 Å². The zero-order valence-corrected chi connectivity index (χ0v) is 71.4. The van der Waals surface area contributed by atoms with Crippen LogP contribution < -0.4 is 42.7 Å². The number of nitrogens with one attached hydrogen (secondary N) is 7. The van der Waals surface area contributed by atoms with E-state index in [1.54, 1.807) is 48.7 Å². The summed E-state index contributed by atoms with van der Waals surface area (Å²) in [6, 6.07) is 54.9. The Labute approximate surface area is 715 Å². The fourth-order valence-electron chi connectivity index (χ4n) is 12.0. The Kier molecular flexibility index (Phi) is 30.6. The molecule has 11 aromatic rings. The first-order chi connectivity index (χ1) is 55.5. The zero-order valence-electron chi connectivity index (χ0n) is 63.3. The van der Waals surface area contributed by atoms with Crippen molar-refractivity contribution in [1.29, 1.82) is 0 Å². The van der Waals surface area contributed by atoms with Gasteiger partial charge in [-0.25, -0.2) is 41.5 Å². The molecular weight excluding hydrogens is 1900 g/mol. The van der Waals surface area contributed by atoms with Gasteiger partial charge in [0.2, 0.25) is 0 Å². The topological polar surface area (TPSA) is 266 Å². The van der Waals surface area contributed by atoms with Gasteiger partial charge >= 0.3 is 19.1 Å². The highest BCUT2D eigenvalue weighted by molar-refractivity contribution is 14.1. The number of aromatic nitrogens is 2. The predicted molar refractivity (Wildman–Crippen MR) is 462 cm³/mol. The molecule has 0 atom stereocenters. The number of nitrogens with zero attached hydrogens (tertiary/aromatic N) is 2. The molecule has 596 valence electrons. The first-order valence-corrected chi connectivity index (χ1v) is 40.1. The summed E-state index contributed by atoms with van der Waals surface area (Å²) in [5, 5.41) is 20.5. The molecule has 4 aliphatic heterocycles. The fourth-order valence-corrected chi connectivity index (χ4v) is 15.0. The van der Waals surface area contributed by atoms with Crippen LogP contribution in [0.3, 0.4) is 0 Å². The summed E-state index contributed by atoms with van der Waals surface area (Å²) >= 11 is 9.98. The first kappa shape index (κ1) is 87.9. The molecule has 5 amide bonds. The average molecular weight is 1980 g/mol. The van der Waals surface area contributed by atoms with Crippen LogP contribution >= 0.6 is 83.7 Å². The van der Waals surface area contributed by atoms with Crippen molar-refractivity contribution in [3.63, 3.8) is 0 Å². The van der Waals surface area contributed by atoms with E-state index < -0.39 is 48.0 Å². The van der Waals surface area contributed by atoms with Crippen LogP contribution in [-0.4, -0.2) is 84.0 Å². The molecule has 0 saturated carbocycles. The third-order valence-corrected chi connectivity index (χ3v) is 22.6. The number of hydrogen-bond acceptors (Lipinski definition) is 15. The molecule has 9 aromatic carbocycles. The van der Waals surface area contributed by atoms with E-state index in [4.69, 9.17) is 9.31 Å². The maximum Gasteiger partial charge on any atom is 0.495 e. The number of fused-ring (bicyclic) bond motifs is 3. The zero-order chi connectivity index (χ0) is 83.5. The first-order valence-electron chi connectivity index (χ1n) is 35.7. The van der Waals surface area contributed by atoms with E-state index in [2.05, 4.69) is 140 Å². The number of pyridine rings is 2. The number of carbonyl (C=O) groups is 7. The Morgan fingerprint density at radius 3 is 1.44 bits per heavy atom. The predicted octanol–water partition coefficient (Wildman–Crippen LogP) is 17.2. The number of carbonyl (C=O) groups excluding carboxylic acids is 7. The van der Waals surface area contributed by atoms with Crippen molar-refractivity contribution in [3.05, 3.63) is 330 Å². The minimum Gasteiger partial charge on any atom is -0.465 e. The number of esters is 2. The van der Waals surface area contributed by atoms with E-state index in [0.717, 1.165) is 86.9 Å². The third kappa shape index (κ3) is 22.2. The van der Waals surface area contributed by atoms with E-state index in [-0.39, 0.29) is 65.3 Å². The van der Waals surface area contributed by atoms with Gasteiger partial charge in [0.1, 0.15) is 17.5 Å². The van der Waals surface area contributed by atoms with Gasteiger partial charge in [0.05, 0.1) is 47.7 Å². The van der Waals surface area contributed by atoms with Crippen LogP contribution in [0.4, 0.5) is 45.0 Å². The number of methoxy groups -OCH3 is 2. The average Bonchev–Trinajstić information content (AvgIpc) is 1.61. The molecule has 7 N–H and O–H groups in total. The summed E-state index contributed by atoms with van der Waals surface area (Å²) in [4.78, 5) is 90.9. The quantitative estimate of drug-likeness (QED) is 0.0165.